The van der Waals surface area contributed by atoms with Crippen LogP contribution in [0.5, 0.6) is 0 Å². The van der Waals surface area contributed by atoms with Crippen molar-refractivity contribution in [3.63, 3.8) is 0 Å². The molecule has 0 aliphatic carbocycles. The van der Waals surface area contributed by atoms with Crippen LogP contribution in [-0.2, 0) is 11.3 Å². The number of benzene rings is 2. The molecule has 6 nitrogen and oxygen atoms in total. The van der Waals surface area contributed by atoms with Crippen LogP contribution in [0.15, 0.2) is 60.3 Å². The van der Waals surface area contributed by atoms with Gasteiger partial charge in [0.25, 0.3) is 5.91 Å². The van der Waals surface area contributed by atoms with Gasteiger partial charge < -0.3 is 21.1 Å². The number of nitriles is 1. The highest BCUT2D eigenvalue weighted by Gasteiger charge is 2.12. The zero-order chi connectivity index (χ0) is 18.9. The number of nitrogens with two attached hydrogens (primary N) is 1. The molecule has 7 heteroatoms. The lowest BCUT2D eigenvalue weighted by Gasteiger charge is -2.20. The molecule has 0 spiro atoms. The number of aliphatic hydroxyl groups excluding tert-OH is 1. The Morgan fingerprint density at radius 2 is 2.04 bits per heavy atom. The third kappa shape index (κ3) is 5.52. The number of carbonyl (C=O) groups is 1. The van der Waals surface area contributed by atoms with Gasteiger partial charge in [0.2, 0.25) is 0 Å². The molecule has 134 valence electrons. The smallest absolute Gasteiger partial charge is 0.267 e. The summed E-state index contributed by atoms with van der Waals surface area (Å²) in [5.74, 6) is -0.565. The molecule has 0 saturated carbocycles. The molecule has 0 bridgehead atoms. The summed E-state index contributed by atoms with van der Waals surface area (Å²) < 4.78 is 0. The molecule has 1 amide bonds. The van der Waals surface area contributed by atoms with Gasteiger partial charge in [-0.3, -0.25) is 4.79 Å². The molecule has 0 aliphatic heterocycles. The molecule has 2 rings (SSSR count). The average Bonchev–Trinajstić information content (AvgIpc) is 2.63. The Morgan fingerprint density at radius 3 is 2.65 bits per heavy atom. The Kier molecular flexibility index (Phi) is 7.03. The molecular formula is C19H19ClN4O2. The van der Waals surface area contributed by atoms with Gasteiger partial charge in [-0.1, -0.05) is 41.9 Å². The van der Waals surface area contributed by atoms with Gasteiger partial charge in [0.05, 0.1) is 17.3 Å². The molecule has 0 atom stereocenters. The fraction of sp³-hybridized carbons (Fsp3) is 0.158. The monoisotopic (exact) mass is 370 g/mol. The highest BCUT2D eigenvalue weighted by atomic mass is 35.5. The number of anilines is 2. The van der Waals surface area contributed by atoms with E-state index in [0.717, 1.165) is 5.56 Å². The van der Waals surface area contributed by atoms with Crippen molar-refractivity contribution in [3.05, 3.63) is 70.9 Å². The van der Waals surface area contributed by atoms with Crippen molar-refractivity contribution < 1.29 is 9.90 Å². The van der Waals surface area contributed by atoms with Gasteiger partial charge in [0.15, 0.2) is 0 Å². The van der Waals surface area contributed by atoms with Crippen LogP contribution in [0.25, 0.3) is 0 Å². The van der Waals surface area contributed by atoms with E-state index in [-0.39, 0.29) is 12.2 Å². The first-order valence-electron chi connectivity index (χ1n) is 7.90. The zero-order valence-corrected chi connectivity index (χ0v) is 14.8. The Balaban J connectivity index is 2.15. The van der Waals surface area contributed by atoms with Crippen LogP contribution in [0.3, 0.4) is 0 Å². The van der Waals surface area contributed by atoms with Gasteiger partial charge in [-0.2, -0.15) is 5.26 Å². The van der Waals surface area contributed by atoms with E-state index in [1.807, 2.05) is 36.4 Å². The van der Waals surface area contributed by atoms with Gasteiger partial charge in [-0.25, -0.2) is 0 Å². The number of nitrogens with zero attached hydrogens (tertiary/aromatic N) is 2. The molecule has 4 N–H and O–H groups in total. The number of hydrogen-bond acceptors (Lipinski definition) is 5. The van der Waals surface area contributed by atoms with Crippen molar-refractivity contribution in [2.45, 2.75) is 6.54 Å². The van der Waals surface area contributed by atoms with Crippen molar-refractivity contribution in [2.75, 3.05) is 24.2 Å². The third-order valence-corrected chi connectivity index (χ3v) is 3.88. The third-order valence-electron chi connectivity index (χ3n) is 3.55. The molecule has 26 heavy (non-hydrogen) atoms. The number of nitrogen functional groups attached to an aromatic ring is 1. The number of aliphatic hydroxyl groups is 1. The zero-order valence-electron chi connectivity index (χ0n) is 14.0. The quantitative estimate of drug-likeness (QED) is 0.395. The minimum atomic E-state index is -0.565. The summed E-state index contributed by atoms with van der Waals surface area (Å²) >= 11 is 5.93. The van der Waals surface area contributed by atoms with Gasteiger partial charge in [0, 0.05) is 25.0 Å². The molecule has 2 aromatic carbocycles. The second kappa shape index (κ2) is 9.47. The minimum absolute atomic E-state index is 0.0812. The van der Waals surface area contributed by atoms with Crippen LogP contribution in [0, 0.1) is 11.3 Å². The second-order valence-electron chi connectivity index (χ2n) is 5.52. The van der Waals surface area contributed by atoms with E-state index in [1.165, 1.54) is 12.3 Å². The van der Waals surface area contributed by atoms with Crippen molar-refractivity contribution in [1.29, 1.82) is 5.26 Å². The maximum absolute atomic E-state index is 12.4. The standard InChI is InChI=1S/C19H19ClN4O2/c20-17-10-16(6-7-18(17)22)23-19(26)15(11-21)13-24(8-9-25)12-14-4-2-1-3-5-14/h1-7,10,13,25H,8-9,12,22H2,(H,23,26)/b15-13-. The number of nitrogens with one attached hydrogen (secondary N) is 1. The summed E-state index contributed by atoms with van der Waals surface area (Å²) in [6.45, 7) is 0.659. The van der Waals surface area contributed by atoms with Crippen LogP contribution in [0.4, 0.5) is 11.4 Å². The minimum Gasteiger partial charge on any atom is -0.398 e. The summed E-state index contributed by atoms with van der Waals surface area (Å²) in [6.07, 6.45) is 1.44. The lowest BCUT2D eigenvalue weighted by Crippen LogP contribution is -2.24. The van der Waals surface area contributed by atoms with Crippen LogP contribution in [-0.4, -0.2) is 29.1 Å². The van der Waals surface area contributed by atoms with E-state index in [0.29, 0.717) is 29.5 Å². The second-order valence-corrected chi connectivity index (χ2v) is 5.93. The Morgan fingerprint density at radius 1 is 1.31 bits per heavy atom. The van der Waals surface area contributed by atoms with Crippen LogP contribution >= 0.6 is 11.6 Å². The van der Waals surface area contributed by atoms with Crippen molar-refractivity contribution in [2.24, 2.45) is 0 Å². The molecule has 0 fully saturated rings. The molecule has 0 heterocycles. The summed E-state index contributed by atoms with van der Waals surface area (Å²) in [7, 11) is 0. The molecular weight excluding hydrogens is 352 g/mol. The maximum atomic E-state index is 12.4. The van der Waals surface area contributed by atoms with Crippen LogP contribution < -0.4 is 11.1 Å². The highest BCUT2D eigenvalue weighted by Crippen LogP contribution is 2.23. The molecule has 0 aromatic heterocycles. The van der Waals surface area contributed by atoms with E-state index < -0.39 is 5.91 Å². The number of carbonyl (C=O) groups excluding carboxylic acids is 1. The highest BCUT2D eigenvalue weighted by molar-refractivity contribution is 6.33. The van der Waals surface area contributed by atoms with E-state index in [4.69, 9.17) is 17.3 Å². The molecule has 0 saturated heterocycles. The lowest BCUT2D eigenvalue weighted by molar-refractivity contribution is -0.112. The van der Waals surface area contributed by atoms with Crippen LogP contribution in [0.2, 0.25) is 5.02 Å². The number of rotatable bonds is 7. The maximum Gasteiger partial charge on any atom is 0.267 e. The number of hydrogen-bond donors (Lipinski definition) is 3. The first-order valence-corrected chi connectivity index (χ1v) is 8.28. The summed E-state index contributed by atoms with van der Waals surface area (Å²) in [5.41, 5.74) is 7.40. The first-order chi connectivity index (χ1) is 12.5. The molecule has 0 unspecified atom stereocenters. The number of halogens is 1. The fourth-order valence-electron chi connectivity index (χ4n) is 2.26. The van der Waals surface area contributed by atoms with Crippen molar-refractivity contribution >= 4 is 28.9 Å². The normalized spacial score (nSPS) is 10.9. The lowest BCUT2D eigenvalue weighted by atomic mass is 10.2. The first kappa shape index (κ1) is 19.3. The van der Waals surface area contributed by atoms with E-state index >= 15 is 0 Å². The average molecular weight is 371 g/mol. The molecule has 0 aliphatic rings. The topological polar surface area (TPSA) is 102 Å². The SMILES string of the molecule is N#C/C(=C/N(CCO)Cc1ccccc1)C(=O)Nc1ccc(N)c(Cl)c1. The van der Waals surface area contributed by atoms with E-state index in [1.54, 1.807) is 17.0 Å². The Bertz CT molecular complexity index is 831. The fourth-order valence-corrected chi connectivity index (χ4v) is 2.44. The van der Waals surface area contributed by atoms with Crippen LogP contribution in [0.1, 0.15) is 5.56 Å². The Hall–Kier alpha value is -3.01. The van der Waals surface area contributed by atoms with Gasteiger partial charge in [0.1, 0.15) is 11.6 Å². The van der Waals surface area contributed by atoms with Crippen molar-refractivity contribution in [3.8, 4) is 6.07 Å². The van der Waals surface area contributed by atoms with E-state index in [2.05, 4.69) is 5.32 Å². The van der Waals surface area contributed by atoms with Gasteiger partial charge in [-0.05, 0) is 23.8 Å². The summed E-state index contributed by atoms with van der Waals surface area (Å²) in [4.78, 5) is 14.1. The van der Waals surface area contributed by atoms with Gasteiger partial charge >= 0.3 is 0 Å². The van der Waals surface area contributed by atoms with E-state index in [9.17, 15) is 15.2 Å². The predicted molar refractivity (Wildman–Crippen MR) is 102 cm³/mol. The number of amides is 1. The predicted octanol–water partition coefficient (Wildman–Crippen LogP) is 2.76. The van der Waals surface area contributed by atoms with Gasteiger partial charge in [-0.15, -0.1) is 0 Å². The van der Waals surface area contributed by atoms with Crippen molar-refractivity contribution in [1.82, 2.24) is 4.90 Å². The summed E-state index contributed by atoms with van der Waals surface area (Å²) in [6, 6.07) is 16.1. The summed E-state index contributed by atoms with van der Waals surface area (Å²) in [5, 5.41) is 21.5. The Labute approximate surface area is 157 Å². The largest absolute Gasteiger partial charge is 0.398 e. The molecule has 0 radical (unpaired) electrons. The molecule has 2 aromatic rings.